The molecule has 2 atom stereocenters. The van der Waals surface area contributed by atoms with Crippen LogP contribution < -0.4 is 10.6 Å². The van der Waals surface area contributed by atoms with Crippen molar-refractivity contribution in [3.8, 4) is 6.07 Å². The number of ether oxygens (including phenoxy) is 1. The Morgan fingerprint density at radius 1 is 1.38 bits per heavy atom. The molecule has 2 N–H and O–H groups in total. The maximum absolute atomic E-state index is 12.9. The molecule has 0 saturated carbocycles. The summed E-state index contributed by atoms with van der Waals surface area (Å²) in [5.74, 6) is -0.254. The average Bonchev–Trinajstić information content (AvgIpc) is 3.09. The second kappa shape index (κ2) is 10.8. The van der Waals surface area contributed by atoms with Gasteiger partial charge in [0.1, 0.15) is 6.54 Å². The van der Waals surface area contributed by atoms with Gasteiger partial charge in [-0.1, -0.05) is 26.0 Å². The molecular formula is C22H32N4O3. The molecule has 0 radical (unpaired) electrons. The Morgan fingerprint density at radius 2 is 2.14 bits per heavy atom. The first-order valence-corrected chi connectivity index (χ1v) is 10.3. The summed E-state index contributed by atoms with van der Waals surface area (Å²) < 4.78 is 5.08. The largest absolute Gasteiger partial charge is 0.450 e. The Hall–Kier alpha value is -2.59. The minimum absolute atomic E-state index is 0.0210. The number of nitrogens with zero attached hydrogens (tertiary/aromatic N) is 2. The number of nitrogens with one attached hydrogen (secondary N) is 2. The summed E-state index contributed by atoms with van der Waals surface area (Å²) >= 11 is 0. The second-order valence-corrected chi connectivity index (χ2v) is 7.85. The molecule has 158 valence electrons. The predicted molar refractivity (Wildman–Crippen MR) is 113 cm³/mol. The van der Waals surface area contributed by atoms with E-state index in [1.165, 1.54) is 0 Å². The van der Waals surface area contributed by atoms with Gasteiger partial charge in [0.05, 0.1) is 18.6 Å². The summed E-state index contributed by atoms with van der Waals surface area (Å²) in [6.45, 7) is 7.15. The quantitative estimate of drug-likeness (QED) is 0.648. The van der Waals surface area contributed by atoms with Gasteiger partial charge in [-0.15, -0.1) is 0 Å². The lowest BCUT2D eigenvalue weighted by atomic mass is 9.83. The summed E-state index contributed by atoms with van der Waals surface area (Å²) in [5, 5.41) is 14.5. The SMILES string of the molecule is CCOC(=O)Nc1cccc(C(CC(C)C)C(=O)NCC#N)c1C1CCCN1C. The number of hydrogen-bond donors (Lipinski definition) is 2. The van der Waals surface area contributed by atoms with E-state index in [-0.39, 0.29) is 25.1 Å². The van der Waals surface area contributed by atoms with Crippen LogP contribution in [0.2, 0.25) is 0 Å². The van der Waals surface area contributed by atoms with Gasteiger partial charge in [0.2, 0.25) is 5.91 Å². The summed E-state index contributed by atoms with van der Waals surface area (Å²) in [4.78, 5) is 27.3. The van der Waals surface area contributed by atoms with Crippen molar-refractivity contribution >= 4 is 17.7 Å². The van der Waals surface area contributed by atoms with Gasteiger partial charge in [-0.2, -0.15) is 5.26 Å². The number of hydrogen-bond acceptors (Lipinski definition) is 5. The van der Waals surface area contributed by atoms with Crippen LogP contribution in [0.15, 0.2) is 18.2 Å². The second-order valence-electron chi connectivity index (χ2n) is 7.85. The van der Waals surface area contributed by atoms with Gasteiger partial charge in [-0.05, 0) is 62.9 Å². The predicted octanol–water partition coefficient (Wildman–Crippen LogP) is 3.79. The normalized spacial score (nSPS) is 17.6. The van der Waals surface area contributed by atoms with Crippen molar-refractivity contribution < 1.29 is 14.3 Å². The molecule has 2 rings (SSSR count). The fourth-order valence-electron chi connectivity index (χ4n) is 4.02. The summed E-state index contributed by atoms with van der Waals surface area (Å²) in [7, 11) is 2.07. The van der Waals surface area contributed by atoms with Crippen LogP contribution in [0.25, 0.3) is 0 Å². The molecule has 1 aliphatic heterocycles. The first-order valence-electron chi connectivity index (χ1n) is 10.3. The number of carbonyl (C=O) groups is 2. The number of benzene rings is 1. The first kappa shape index (κ1) is 22.7. The smallest absolute Gasteiger partial charge is 0.411 e. The zero-order valence-electron chi connectivity index (χ0n) is 17.8. The number of carbonyl (C=O) groups excluding carboxylic acids is 2. The van der Waals surface area contributed by atoms with Crippen LogP contribution in [-0.4, -0.2) is 43.6 Å². The van der Waals surface area contributed by atoms with E-state index in [0.29, 0.717) is 18.0 Å². The molecule has 2 amide bonds. The molecule has 1 heterocycles. The molecule has 7 nitrogen and oxygen atoms in total. The number of anilines is 1. The van der Waals surface area contributed by atoms with Crippen LogP contribution >= 0.6 is 0 Å². The topological polar surface area (TPSA) is 94.5 Å². The maximum atomic E-state index is 12.9. The molecular weight excluding hydrogens is 368 g/mol. The van der Waals surface area contributed by atoms with Crippen molar-refractivity contribution in [2.75, 3.05) is 32.1 Å². The van der Waals surface area contributed by atoms with Gasteiger partial charge >= 0.3 is 6.09 Å². The molecule has 7 heteroatoms. The highest BCUT2D eigenvalue weighted by molar-refractivity contribution is 5.88. The van der Waals surface area contributed by atoms with Crippen LogP contribution in [0.4, 0.5) is 10.5 Å². The summed E-state index contributed by atoms with van der Waals surface area (Å²) in [6.07, 6.45) is 2.17. The third kappa shape index (κ3) is 5.94. The zero-order valence-corrected chi connectivity index (χ0v) is 17.8. The van der Waals surface area contributed by atoms with Crippen molar-refractivity contribution in [1.82, 2.24) is 10.2 Å². The van der Waals surface area contributed by atoms with Crippen LogP contribution in [0, 0.1) is 17.2 Å². The average molecular weight is 401 g/mol. The van der Waals surface area contributed by atoms with Crippen molar-refractivity contribution in [3.05, 3.63) is 29.3 Å². The van der Waals surface area contributed by atoms with Gasteiger partial charge in [0.15, 0.2) is 0 Å². The molecule has 0 aliphatic carbocycles. The van der Waals surface area contributed by atoms with E-state index < -0.39 is 12.0 Å². The molecule has 1 aromatic rings. The van der Waals surface area contributed by atoms with Gasteiger partial charge in [0.25, 0.3) is 0 Å². The van der Waals surface area contributed by atoms with Crippen LogP contribution in [0.5, 0.6) is 0 Å². The highest BCUT2D eigenvalue weighted by Gasteiger charge is 2.32. The number of likely N-dealkylation sites (tertiary alicyclic amines) is 1. The molecule has 0 bridgehead atoms. The minimum atomic E-state index is -0.499. The molecule has 0 aromatic heterocycles. The highest BCUT2D eigenvalue weighted by Crippen LogP contribution is 2.41. The molecule has 2 unspecified atom stereocenters. The molecule has 1 aromatic carbocycles. The Morgan fingerprint density at radius 3 is 2.72 bits per heavy atom. The zero-order chi connectivity index (χ0) is 21.4. The standard InChI is InChI=1S/C22H32N4O3/c1-5-29-22(28)25-18-9-6-8-16(20(18)19-10-7-13-26(19)4)17(14-15(2)3)21(27)24-12-11-23/h6,8-9,15,17,19H,5,7,10,12-14H2,1-4H3,(H,24,27)(H,25,28). The van der Waals surface area contributed by atoms with E-state index >= 15 is 0 Å². The van der Waals surface area contributed by atoms with E-state index in [1.807, 2.05) is 24.3 Å². The van der Waals surface area contributed by atoms with Crippen molar-refractivity contribution in [1.29, 1.82) is 5.26 Å². The van der Waals surface area contributed by atoms with Gasteiger partial charge in [-0.25, -0.2) is 4.79 Å². The number of nitriles is 1. The lowest BCUT2D eigenvalue weighted by Crippen LogP contribution is -2.32. The van der Waals surface area contributed by atoms with Crippen LogP contribution in [0.3, 0.4) is 0 Å². The van der Waals surface area contributed by atoms with E-state index in [1.54, 1.807) is 6.92 Å². The number of rotatable bonds is 8. The lowest BCUT2D eigenvalue weighted by Gasteiger charge is -2.29. The van der Waals surface area contributed by atoms with Crippen molar-refractivity contribution in [2.45, 2.75) is 52.0 Å². The Kier molecular flexibility index (Phi) is 8.47. The van der Waals surface area contributed by atoms with E-state index in [4.69, 9.17) is 10.00 Å². The van der Waals surface area contributed by atoms with Crippen LogP contribution in [-0.2, 0) is 9.53 Å². The lowest BCUT2D eigenvalue weighted by molar-refractivity contribution is -0.122. The molecule has 0 spiro atoms. The Balaban J connectivity index is 2.53. The van der Waals surface area contributed by atoms with E-state index in [0.717, 1.165) is 30.5 Å². The Labute approximate surface area is 173 Å². The molecule has 1 fully saturated rings. The van der Waals surface area contributed by atoms with E-state index in [9.17, 15) is 9.59 Å². The maximum Gasteiger partial charge on any atom is 0.411 e. The fourth-order valence-corrected chi connectivity index (χ4v) is 4.02. The van der Waals surface area contributed by atoms with Crippen LogP contribution in [0.1, 0.15) is 63.1 Å². The van der Waals surface area contributed by atoms with Crippen molar-refractivity contribution in [3.63, 3.8) is 0 Å². The minimum Gasteiger partial charge on any atom is -0.450 e. The van der Waals surface area contributed by atoms with Crippen molar-refractivity contribution in [2.24, 2.45) is 5.92 Å². The van der Waals surface area contributed by atoms with Gasteiger partial charge in [-0.3, -0.25) is 15.0 Å². The third-order valence-corrected chi connectivity index (χ3v) is 5.25. The van der Waals surface area contributed by atoms with Gasteiger partial charge in [0, 0.05) is 11.7 Å². The Bertz CT molecular complexity index is 757. The monoisotopic (exact) mass is 400 g/mol. The summed E-state index contributed by atoms with van der Waals surface area (Å²) in [5.41, 5.74) is 2.56. The van der Waals surface area contributed by atoms with E-state index in [2.05, 4.69) is 36.4 Å². The summed E-state index contributed by atoms with van der Waals surface area (Å²) in [6, 6.07) is 7.78. The highest BCUT2D eigenvalue weighted by atomic mass is 16.5. The molecule has 1 aliphatic rings. The first-order chi connectivity index (χ1) is 13.9. The third-order valence-electron chi connectivity index (χ3n) is 5.25. The molecule has 1 saturated heterocycles. The molecule has 29 heavy (non-hydrogen) atoms. The van der Waals surface area contributed by atoms with Gasteiger partial charge < -0.3 is 10.1 Å². The fraction of sp³-hybridized carbons (Fsp3) is 0.591. The number of amides is 2.